The predicted octanol–water partition coefficient (Wildman–Crippen LogP) is 0.969. The summed E-state index contributed by atoms with van der Waals surface area (Å²) in [4.78, 5) is 0. The van der Waals surface area contributed by atoms with Gasteiger partial charge >= 0.3 is 0 Å². The molecule has 2 unspecified atom stereocenters. The highest BCUT2D eigenvalue weighted by atomic mass is 16.3. The van der Waals surface area contributed by atoms with Crippen LogP contribution in [0.3, 0.4) is 0 Å². The molecule has 0 aliphatic carbocycles. The van der Waals surface area contributed by atoms with Crippen LogP contribution in [0.2, 0.25) is 0 Å². The number of hydrogen-bond donors (Lipinski definition) is 4. The zero-order valence-electron chi connectivity index (χ0n) is 10.6. The summed E-state index contributed by atoms with van der Waals surface area (Å²) in [5.74, 6) is 0.273. The Morgan fingerprint density at radius 3 is 2.61 bits per heavy atom. The average Bonchev–Trinajstić information content (AvgIpc) is 2.69. The number of aliphatic hydroxyl groups is 2. The lowest BCUT2D eigenvalue weighted by Crippen LogP contribution is -2.38. The predicted molar refractivity (Wildman–Crippen MR) is 69.6 cm³/mol. The lowest BCUT2D eigenvalue weighted by molar-refractivity contribution is 0.0351. The maximum atomic E-state index is 10.0. The lowest BCUT2D eigenvalue weighted by atomic mass is 9.85. The largest absolute Gasteiger partial charge is 0.508 e. The minimum absolute atomic E-state index is 0.0170. The number of para-hydroxylation sites is 1. The fourth-order valence-corrected chi connectivity index (χ4v) is 2.76. The number of hydrogen-bond acceptors (Lipinski definition) is 4. The second-order valence-electron chi connectivity index (χ2n) is 4.95. The van der Waals surface area contributed by atoms with E-state index in [1.165, 1.54) is 0 Å². The molecular formula is C14H21NO3. The maximum absolute atomic E-state index is 10.0. The zero-order chi connectivity index (χ0) is 13.1. The first kappa shape index (κ1) is 13.3. The first-order valence-electron chi connectivity index (χ1n) is 6.52. The number of phenols is 1. The minimum Gasteiger partial charge on any atom is -0.508 e. The van der Waals surface area contributed by atoms with E-state index < -0.39 is 12.2 Å². The Morgan fingerprint density at radius 2 is 2.06 bits per heavy atom. The molecule has 4 atom stereocenters. The molecule has 0 amide bonds. The summed E-state index contributed by atoms with van der Waals surface area (Å²) in [5.41, 5.74) is 0.838. The van der Waals surface area contributed by atoms with Crippen molar-refractivity contribution in [2.75, 3.05) is 6.54 Å². The molecule has 0 spiro atoms. The molecule has 18 heavy (non-hydrogen) atoms. The van der Waals surface area contributed by atoms with Crippen LogP contribution in [0.15, 0.2) is 24.3 Å². The molecule has 2 rings (SSSR count). The molecule has 1 aliphatic heterocycles. The normalized spacial score (nSPS) is 29.4. The lowest BCUT2D eigenvalue weighted by Gasteiger charge is -2.27. The van der Waals surface area contributed by atoms with Gasteiger partial charge in [0.15, 0.2) is 0 Å². The summed E-state index contributed by atoms with van der Waals surface area (Å²) >= 11 is 0. The summed E-state index contributed by atoms with van der Waals surface area (Å²) in [5, 5.41) is 32.7. The smallest absolute Gasteiger partial charge is 0.119 e. The van der Waals surface area contributed by atoms with E-state index in [1.807, 2.05) is 12.1 Å². The minimum atomic E-state index is -0.777. The monoisotopic (exact) mass is 251 g/mol. The molecule has 4 N–H and O–H groups in total. The fourth-order valence-electron chi connectivity index (χ4n) is 2.76. The van der Waals surface area contributed by atoms with Gasteiger partial charge in [-0.05, 0) is 18.1 Å². The van der Waals surface area contributed by atoms with E-state index in [9.17, 15) is 15.3 Å². The van der Waals surface area contributed by atoms with Crippen molar-refractivity contribution in [3.63, 3.8) is 0 Å². The van der Waals surface area contributed by atoms with Crippen LogP contribution >= 0.6 is 0 Å². The Balaban J connectivity index is 2.26. The molecule has 1 aromatic rings. The molecule has 0 radical (unpaired) electrons. The van der Waals surface area contributed by atoms with Crippen LogP contribution in [0.4, 0.5) is 0 Å². The van der Waals surface area contributed by atoms with E-state index in [0.717, 1.165) is 18.4 Å². The summed E-state index contributed by atoms with van der Waals surface area (Å²) in [6.45, 7) is 2.48. The fraction of sp³-hybridized carbons (Fsp3) is 0.571. The highest BCUT2D eigenvalue weighted by molar-refractivity contribution is 5.36. The molecule has 0 aromatic heterocycles. The van der Waals surface area contributed by atoms with Crippen molar-refractivity contribution >= 4 is 0 Å². The van der Waals surface area contributed by atoms with Crippen molar-refractivity contribution in [3.05, 3.63) is 29.8 Å². The SMILES string of the molecule is CCCC(c1ccccc1O)C1NC[C@@H](O)[C@@H]1O. The Bertz CT molecular complexity index is 396. The van der Waals surface area contributed by atoms with Gasteiger partial charge in [-0.1, -0.05) is 31.5 Å². The van der Waals surface area contributed by atoms with E-state index >= 15 is 0 Å². The molecule has 1 heterocycles. The molecule has 4 heteroatoms. The van der Waals surface area contributed by atoms with Gasteiger partial charge < -0.3 is 20.6 Å². The molecule has 0 bridgehead atoms. The zero-order valence-corrected chi connectivity index (χ0v) is 10.6. The van der Waals surface area contributed by atoms with E-state index in [4.69, 9.17) is 0 Å². The van der Waals surface area contributed by atoms with Crippen molar-refractivity contribution in [1.29, 1.82) is 0 Å². The number of rotatable bonds is 4. The van der Waals surface area contributed by atoms with E-state index in [1.54, 1.807) is 12.1 Å². The first-order chi connectivity index (χ1) is 8.65. The molecule has 1 aliphatic rings. The third-order valence-corrected chi connectivity index (χ3v) is 3.69. The van der Waals surface area contributed by atoms with Crippen molar-refractivity contribution in [1.82, 2.24) is 5.32 Å². The van der Waals surface area contributed by atoms with Crippen LogP contribution in [0.25, 0.3) is 0 Å². The highest BCUT2D eigenvalue weighted by Gasteiger charge is 2.38. The number of phenolic OH excluding ortho intramolecular Hbond substituents is 1. The standard InChI is InChI=1S/C14H21NO3/c1-2-5-10(9-6-3-4-7-11(9)16)13-14(18)12(17)8-15-13/h3-4,6-7,10,12-18H,2,5,8H2,1H3/t10?,12-,13?,14+/m1/s1. The topological polar surface area (TPSA) is 72.7 Å². The van der Waals surface area contributed by atoms with Crippen molar-refractivity contribution in [2.45, 2.75) is 43.9 Å². The van der Waals surface area contributed by atoms with Gasteiger partial charge in [-0.2, -0.15) is 0 Å². The van der Waals surface area contributed by atoms with Crippen LogP contribution in [-0.4, -0.2) is 40.1 Å². The molecule has 1 aromatic carbocycles. The van der Waals surface area contributed by atoms with Crippen LogP contribution in [0, 0.1) is 0 Å². The summed E-state index contributed by atoms with van der Waals surface area (Å²) < 4.78 is 0. The quantitative estimate of drug-likeness (QED) is 0.643. The molecule has 0 saturated carbocycles. The molecule has 4 nitrogen and oxygen atoms in total. The Morgan fingerprint density at radius 1 is 1.33 bits per heavy atom. The summed E-state index contributed by atoms with van der Waals surface area (Å²) in [7, 11) is 0. The van der Waals surface area contributed by atoms with Gasteiger partial charge in [0, 0.05) is 18.5 Å². The molecule has 1 saturated heterocycles. The average molecular weight is 251 g/mol. The number of benzene rings is 1. The highest BCUT2D eigenvalue weighted by Crippen LogP contribution is 2.34. The number of aliphatic hydroxyl groups excluding tert-OH is 2. The third-order valence-electron chi connectivity index (χ3n) is 3.69. The Hall–Kier alpha value is -1.10. The second kappa shape index (κ2) is 5.69. The molecular weight excluding hydrogens is 230 g/mol. The molecule has 100 valence electrons. The van der Waals surface area contributed by atoms with Crippen LogP contribution in [0.1, 0.15) is 31.2 Å². The van der Waals surface area contributed by atoms with Crippen LogP contribution in [-0.2, 0) is 0 Å². The number of β-amino-alcohol motifs (C(OH)–C–C–N with tert-alkyl or cyclic N) is 1. The maximum Gasteiger partial charge on any atom is 0.119 e. The Kier molecular flexibility index (Phi) is 4.22. The first-order valence-corrected chi connectivity index (χ1v) is 6.52. The second-order valence-corrected chi connectivity index (χ2v) is 4.95. The third kappa shape index (κ3) is 2.51. The van der Waals surface area contributed by atoms with Gasteiger partial charge in [0.25, 0.3) is 0 Å². The van der Waals surface area contributed by atoms with Crippen LogP contribution < -0.4 is 5.32 Å². The number of aromatic hydroxyl groups is 1. The summed E-state index contributed by atoms with van der Waals surface area (Å²) in [6, 6.07) is 7.02. The van der Waals surface area contributed by atoms with Crippen LogP contribution in [0.5, 0.6) is 5.75 Å². The van der Waals surface area contributed by atoms with Gasteiger partial charge in [-0.15, -0.1) is 0 Å². The van der Waals surface area contributed by atoms with E-state index in [-0.39, 0.29) is 17.7 Å². The van der Waals surface area contributed by atoms with Crippen molar-refractivity contribution in [2.24, 2.45) is 0 Å². The van der Waals surface area contributed by atoms with Gasteiger partial charge in [-0.25, -0.2) is 0 Å². The number of nitrogens with one attached hydrogen (secondary N) is 1. The van der Waals surface area contributed by atoms with Gasteiger partial charge in [0.2, 0.25) is 0 Å². The van der Waals surface area contributed by atoms with Gasteiger partial charge in [0.1, 0.15) is 5.75 Å². The summed E-state index contributed by atoms with van der Waals surface area (Å²) in [6.07, 6.45) is 0.320. The Labute approximate surface area is 107 Å². The van der Waals surface area contributed by atoms with Crippen molar-refractivity contribution < 1.29 is 15.3 Å². The van der Waals surface area contributed by atoms with Gasteiger partial charge in [0.05, 0.1) is 12.2 Å². The van der Waals surface area contributed by atoms with E-state index in [0.29, 0.717) is 6.54 Å². The van der Waals surface area contributed by atoms with Crippen molar-refractivity contribution in [3.8, 4) is 5.75 Å². The van der Waals surface area contributed by atoms with E-state index in [2.05, 4.69) is 12.2 Å². The molecule has 1 fully saturated rings. The van der Waals surface area contributed by atoms with Gasteiger partial charge in [-0.3, -0.25) is 0 Å².